The molecule has 0 aliphatic heterocycles. The van der Waals surface area contributed by atoms with Crippen molar-refractivity contribution in [2.24, 2.45) is 5.73 Å². The van der Waals surface area contributed by atoms with Crippen molar-refractivity contribution < 1.29 is 59.3 Å². The molecule has 0 saturated heterocycles. The maximum atomic E-state index is 10.1. The summed E-state index contributed by atoms with van der Waals surface area (Å²) in [6.45, 7) is 0. The monoisotopic (exact) mass is 291 g/mol. The van der Waals surface area contributed by atoms with E-state index in [0.717, 1.165) is 0 Å². The molecule has 0 amide bonds. The standard InChI is InChI=1S/C7H6O2.C5H9NO4.Na/c8-7(9)6-4-2-1-3-5-6;6-3(5(9)10)1-2-4(7)8;/h1-5H,(H,8,9);3H,1-2,6H2,(H,7,8)(H,9,10);/q;;+1/p-1. The SMILES string of the molecule is NC(CCC(=O)O)C(=O)O.O=C([O-])c1ccccc1.[Na+]. The van der Waals surface area contributed by atoms with Crippen molar-refractivity contribution in [3.05, 3.63) is 35.9 Å². The summed E-state index contributed by atoms with van der Waals surface area (Å²) in [6.07, 6.45) is -0.224. The Morgan fingerprint density at radius 3 is 1.95 bits per heavy atom. The Labute approximate surface area is 137 Å². The van der Waals surface area contributed by atoms with Crippen molar-refractivity contribution in [1.82, 2.24) is 0 Å². The van der Waals surface area contributed by atoms with Gasteiger partial charge in [0.15, 0.2) is 0 Å². The summed E-state index contributed by atoms with van der Waals surface area (Å²) in [6, 6.07) is 7.00. The number of nitrogens with two attached hydrogens (primary N) is 1. The van der Waals surface area contributed by atoms with E-state index in [1.54, 1.807) is 18.2 Å². The predicted octanol–water partition coefficient (Wildman–Crippen LogP) is -3.68. The minimum atomic E-state index is -1.17. The van der Waals surface area contributed by atoms with Gasteiger partial charge in [-0.15, -0.1) is 0 Å². The molecule has 4 N–H and O–H groups in total. The van der Waals surface area contributed by atoms with Gasteiger partial charge in [-0.3, -0.25) is 9.59 Å². The number of benzene rings is 1. The van der Waals surface area contributed by atoms with Gasteiger partial charge in [-0.1, -0.05) is 30.3 Å². The van der Waals surface area contributed by atoms with E-state index < -0.39 is 23.9 Å². The Balaban J connectivity index is 0. The number of carbonyl (C=O) groups is 3. The molecule has 0 aromatic heterocycles. The molecule has 0 spiro atoms. The zero-order valence-electron chi connectivity index (χ0n) is 11.0. The van der Waals surface area contributed by atoms with Crippen molar-refractivity contribution in [3.63, 3.8) is 0 Å². The molecule has 8 heteroatoms. The molecule has 1 aromatic rings. The van der Waals surface area contributed by atoms with Crippen LogP contribution >= 0.6 is 0 Å². The number of carbonyl (C=O) groups excluding carboxylic acids is 1. The normalized spacial score (nSPS) is 10.2. The third-order valence-corrected chi connectivity index (χ3v) is 2.00. The summed E-state index contributed by atoms with van der Waals surface area (Å²) in [4.78, 5) is 30.0. The summed E-state index contributed by atoms with van der Waals surface area (Å²) < 4.78 is 0. The average molecular weight is 291 g/mol. The molecule has 0 heterocycles. The molecule has 1 unspecified atom stereocenters. The molecule has 0 aliphatic rings. The number of hydrogen-bond donors (Lipinski definition) is 3. The maximum absolute atomic E-state index is 10.1. The van der Waals surface area contributed by atoms with Gasteiger partial charge >= 0.3 is 41.5 Å². The summed E-state index contributed by atoms with van der Waals surface area (Å²) in [5.74, 6) is -3.33. The second-order valence-electron chi connectivity index (χ2n) is 3.53. The van der Waals surface area contributed by atoms with Crippen molar-refractivity contribution in [3.8, 4) is 0 Å². The predicted molar refractivity (Wildman–Crippen MR) is 63.3 cm³/mol. The van der Waals surface area contributed by atoms with Crippen molar-refractivity contribution in [1.29, 1.82) is 0 Å². The molecule has 0 bridgehead atoms. The number of aliphatic carboxylic acids is 2. The van der Waals surface area contributed by atoms with E-state index in [1.165, 1.54) is 12.1 Å². The Kier molecular flexibility index (Phi) is 11.9. The Bertz CT molecular complexity index is 437. The van der Waals surface area contributed by atoms with Crippen LogP contribution < -0.4 is 40.4 Å². The van der Waals surface area contributed by atoms with Crippen LogP contribution in [0, 0.1) is 0 Å². The van der Waals surface area contributed by atoms with Crippen LogP contribution in [0.15, 0.2) is 30.3 Å². The molecule has 1 atom stereocenters. The summed E-state index contributed by atoms with van der Waals surface area (Å²) in [5, 5.41) is 26.4. The third-order valence-electron chi connectivity index (χ3n) is 2.00. The Morgan fingerprint density at radius 2 is 1.65 bits per heavy atom. The zero-order chi connectivity index (χ0) is 14.8. The summed E-state index contributed by atoms with van der Waals surface area (Å²) in [7, 11) is 0. The van der Waals surface area contributed by atoms with Crippen molar-refractivity contribution >= 4 is 17.9 Å². The molecule has 0 saturated carbocycles. The topological polar surface area (TPSA) is 141 Å². The van der Waals surface area contributed by atoms with Gasteiger partial charge in [-0.05, 0) is 12.0 Å². The first kappa shape index (κ1) is 20.9. The summed E-state index contributed by atoms with van der Waals surface area (Å²) in [5.41, 5.74) is 5.22. The van der Waals surface area contributed by atoms with Gasteiger partial charge in [0.1, 0.15) is 6.04 Å². The fourth-order valence-corrected chi connectivity index (χ4v) is 0.977. The second kappa shape index (κ2) is 11.4. The molecule has 20 heavy (non-hydrogen) atoms. The van der Waals surface area contributed by atoms with Crippen LogP contribution in [-0.2, 0) is 9.59 Å². The molecule has 0 fully saturated rings. The number of rotatable bonds is 5. The minimum absolute atomic E-state index is 0. The number of aromatic carboxylic acids is 1. The molecular weight excluding hydrogens is 277 g/mol. The fraction of sp³-hybridized carbons (Fsp3) is 0.250. The smallest absolute Gasteiger partial charge is 0.545 e. The van der Waals surface area contributed by atoms with Crippen LogP contribution in [-0.4, -0.2) is 34.2 Å². The van der Waals surface area contributed by atoms with Gasteiger partial charge in [0.25, 0.3) is 0 Å². The second-order valence-corrected chi connectivity index (χ2v) is 3.53. The number of carboxylic acids is 3. The van der Waals surface area contributed by atoms with Crippen molar-refractivity contribution in [2.75, 3.05) is 0 Å². The van der Waals surface area contributed by atoms with E-state index in [9.17, 15) is 19.5 Å². The Hall–Kier alpha value is -1.41. The van der Waals surface area contributed by atoms with Gasteiger partial charge < -0.3 is 25.8 Å². The molecule has 7 nitrogen and oxygen atoms in total. The number of carboxylic acid groups (broad SMARTS) is 3. The zero-order valence-corrected chi connectivity index (χ0v) is 13.0. The van der Waals surface area contributed by atoms with Gasteiger partial charge in [-0.2, -0.15) is 0 Å². The summed E-state index contributed by atoms with van der Waals surface area (Å²) >= 11 is 0. The molecular formula is C12H14NNaO6. The van der Waals surface area contributed by atoms with Crippen molar-refractivity contribution in [2.45, 2.75) is 18.9 Å². The van der Waals surface area contributed by atoms with E-state index in [-0.39, 0.29) is 48.0 Å². The largest absolute Gasteiger partial charge is 1.00 e. The molecule has 1 rings (SSSR count). The number of hydrogen-bond acceptors (Lipinski definition) is 5. The molecule has 1 aromatic carbocycles. The van der Waals surface area contributed by atoms with Gasteiger partial charge in [0.05, 0.1) is 5.97 Å². The van der Waals surface area contributed by atoms with Gasteiger partial charge in [0.2, 0.25) is 0 Å². The van der Waals surface area contributed by atoms with E-state index >= 15 is 0 Å². The van der Waals surface area contributed by atoms with Crippen LogP contribution in [0.25, 0.3) is 0 Å². The van der Waals surface area contributed by atoms with Crippen LogP contribution in [0.3, 0.4) is 0 Å². The quantitative estimate of drug-likeness (QED) is 0.474. The van der Waals surface area contributed by atoms with Gasteiger partial charge in [-0.25, -0.2) is 0 Å². The van der Waals surface area contributed by atoms with Gasteiger partial charge in [0, 0.05) is 6.42 Å². The average Bonchev–Trinajstić information content (AvgIpc) is 2.37. The van der Waals surface area contributed by atoms with Crippen LogP contribution in [0.5, 0.6) is 0 Å². The van der Waals surface area contributed by atoms with E-state index in [1.807, 2.05) is 0 Å². The molecule has 0 radical (unpaired) electrons. The molecule has 104 valence electrons. The van der Waals surface area contributed by atoms with Crippen LogP contribution in [0.2, 0.25) is 0 Å². The first-order valence-corrected chi connectivity index (χ1v) is 5.31. The fourth-order valence-electron chi connectivity index (χ4n) is 0.977. The van der Waals surface area contributed by atoms with E-state index in [0.29, 0.717) is 0 Å². The van der Waals surface area contributed by atoms with Crippen LogP contribution in [0.1, 0.15) is 23.2 Å². The minimum Gasteiger partial charge on any atom is -0.545 e. The van der Waals surface area contributed by atoms with Crippen LogP contribution in [0.4, 0.5) is 0 Å². The molecule has 0 aliphatic carbocycles. The first-order chi connectivity index (χ1) is 8.84. The maximum Gasteiger partial charge on any atom is 1.00 e. The first-order valence-electron chi connectivity index (χ1n) is 5.31. The third kappa shape index (κ3) is 10.5. The Morgan fingerprint density at radius 1 is 1.15 bits per heavy atom. The van der Waals surface area contributed by atoms with E-state index in [2.05, 4.69) is 0 Å². The van der Waals surface area contributed by atoms with E-state index in [4.69, 9.17) is 15.9 Å².